The molecule has 4 heteroatoms. The van der Waals surface area contributed by atoms with Crippen molar-refractivity contribution in [1.82, 2.24) is 14.7 Å². The molecule has 166 valence electrons. The minimum absolute atomic E-state index is 0.00377. The van der Waals surface area contributed by atoms with E-state index in [2.05, 4.69) is 24.3 Å². The number of rotatable bonds is 7. The highest BCUT2D eigenvalue weighted by atomic mass is 16.2. The van der Waals surface area contributed by atoms with Gasteiger partial charge in [0.05, 0.1) is 17.9 Å². The molecule has 5 rings (SSSR count). The van der Waals surface area contributed by atoms with Crippen LogP contribution in [-0.4, -0.2) is 20.6 Å². The fourth-order valence-corrected chi connectivity index (χ4v) is 4.05. The predicted octanol–water partition coefficient (Wildman–Crippen LogP) is 6.38. The second-order valence-corrected chi connectivity index (χ2v) is 8.16. The number of carbonyl (C=O) groups excluding carboxylic acids is 1. The van der Waals surface area contributed by atoms with Crippen molar-refractivity contribution in [3.8, 4) is 16.9 Å². The van der Waals surface area contributed by atoms with Crippen LogP contribution in [0.1, 0.15) is 21.5 Å². The van der Waals surface area contributed by atoms with E-state index in [1.807, 2.05) is 113 Å². The fourth-order valence-electron chi connectivity index (χ4n) is 4.05. The molecule has 1 amide bonds. The molecule has 1 heterocycles. The lowest BCUT2D eigenvalue weighted by atomic mass is 10.1. The summed E-state index contributed by atoms with van der Waals surface area (Å²) in [6.45, 7) is 0.957. The van der Waals surface area contributed by atoms with Crippen molar-refractivity contribution in [3.05, 3.63) is 144 Å². The molecule has 1 aromatic heterocycles. The smallest absolute Gasteiger partial charge is 0.254 e. The van der Waals surface area contributed by atoms with Gasteiger partial charge >= 0.3 is 0 Å². The molecule has 5 aromatic rings. The van der Waals surface area contributed by atoms with Crippen molar-refractivity contribution in [1.29, 1.82) is 0 Å². The van der Waals surface area contributed by atoms with E-state index < -0.39 is 0 Å². The van der Waals surface area contributed by atoms with Crippen LogP contribution in [0.3, 0.4) is 0 Å². The third kappa shape index (κ3) is 4.81. The number of nitrogens with zero attached hydrogens (tertiary/aromatic N) is 3. The first-order valence-corrected chi connectivity index (χ1v) is 11.4. The molecule has 0 saturated carbocycles. The van der Waals surface area contributed by atoms with Gasteiger partial charge in [-0.2, -0.15) is 5.10 Å². The second kappa shape index (κ2) is 10.0. The lowest BCUT2D eigenvalue weighted by Gasteiger charge is -2.23. The van der Waals surface area contributed by atoms with Crippen LogP contribution in [0, 0.1) is 0 Å². The van der Waals surface area contributed by atoms with Gasteiger partial charge in [0.2, 0.25) is 0 Å². The van der Waals surface area contributed by atoms with Crippen LogP contribution in [0.15, 0.2) is 128 Å². The lowest BCUT2D eigenvalue weighted by molar-refractivity contribution is 0.0730. The summed E-state index contributed by atoms with van der Waals surface area (Å²) in [6, 6.07) is 39.7. The molecule has 0 aliphatic heterocycles. The molecular weight excluding hydrogens is 418 g/mol. The summed E-state index contributed by atoms with van der Waals surface area (Å²) in [7, 11) is 0. The van der Waals surface area contributed by atoms with Crippen molar-refractivity contribution >= 4 is 5.91 Å². The van der Waals surface area contributed by atoms with Crippen LogP contribution in [0.25, 0.3) is 16.9 Å². The maximum absolute atomic E-state index is 13.6. The van der Waals surface area contributed by atoms with Gasteiger partial charge in [-0.05, 0) is 29.8 Å². The van der Waals surface area contributed by atoms with Crippen molar-refractivity contribution in [2.75, 3.05) is 0 Å². The summed E-state index contributed by atoms with van der Waals surface area (Å²) in [5, 5.41) is 4.92. The largest absolute Gasteiger partial charge is 0.330 e. The van der Waals surface area contributed by atoms with Gasteiger partial charge in [-0.25, -0.2) is 4.68 Å². The predicted molar refractivity (Wildman–Crippen MR) is 135 cm³/mol. The van der Waals surface area contributed by atoms with E-state index >= 15 is 0 Å². The fraction of sp³-hybridized carbons (Fsp3) is 0.0667. The number of benzene rings is 4. The van der Waals surface area contributed by atoms with Gasteiger partial charge < -0.3 is 4.90 Å². The number of aromatic nitrogens is 2. The van der Waals surface area contributed by atoms with Crippen molar-refractivity contribution < 1.29 is 4.79 Å². The topological polar surface area (TPSA) is 38.1 Å². The van der Waals surface area contributed by atoms with Crippen LogP contribution in [0.5, 0.6) is 0 Å². The maximum Gasteiger partial charge on any atom is 0.254 e. The van der Waals surface area contributed by atoms with Crippen LogP contribution < -0.4 is 0 Å². The van der Waals surface area contributed by atoms with Gasteiger partial charge in [0.25, 0.3) is 5.91 Å². The number of carbonyl (C=O) groups is 1. The van der Waals surface area contributed by atoms with Gasteiger partial charge in [-0.3, -0.25) is 4.79 Å². The summed E-state index contributed by atoms with van der Waals surface area (Å²) >= 11 is 0. The van der Waals surface area contributed by atoms with E-state index in [0.717, 1.165) is 28.1 Å². The molecule has 4 nitrogen and oxygen atoms in total. The van der Waals surface area contributed by atoms with E-state index in [0.29, 0.717) is 18.7 Å². The van der Waals surface area contributed by atoms with Crippen LogP contribution >= 0.6 is 0 Å². The normalized spacial score (nSPS) is 10.7. The van der Waals surface area contributed by atoms with Crippen molar-refractivity contribution in [3.63, 3.8) is 0 Å². The molecule has 0 bridgehead atoms. The second-order valence-electron chi connectivity index (χ2n) is 8.16. The summed E-state index contributed by atoms with van der Waals surface area (Å²) in [4.78, 5) is 15.5. The first-order chi connectivity index (χ1) is 16.8. The Labute approximate surface area is 199 Å². The Hall–Kier alpha value is -4.44. The highest BCUT2D eigenvalue weighted by molar-refractivity contribution is 5.94. The zero-order valence-electron chi connectivity index (χ0n) is 18.8. The minimum Gasteiger partial charge on any atom is -0.330 e. The van der Waals surface area contributed by atoms with Gasteiger partial charge in [0, 0.05) is 29.4 Å². The van der Waals surface area contributed by atoms with E-state index in [-0.39, 0.29) is 5.91 Å². The Morgan fingerprint density at radius 1 is 0.676 bits per heavy atom. The van der Waals surface area contributed by atoms with Gasteiger partial charge in [0.1, 0.15) is 0 Å². The summed E-state index contributed by atoms with van der Waals surface area (Å²) < 4.78 is 1.89. The number of hydrogen-bond acceptors (Lipinski definition) is 2. The molecule has 0 aliphatic carbocycles. The Bertz CT molecular complexity index is 1350. The average Bonchev–Trinajstić information content (AvgIpc) is 3.34. The Kier molecular flexibility index (Phi) is 6.30. The first kappa shape index (κ1) is 21.4. The van der Waals surface area contributed by atoms with E-state index in [1.165, 1.54) is 0 Å². The summed E-state index contributed by atoms with van der Waals surface area (Å²) in [6.07, 6.45) is 2.04. The van der Waals surface area contributed by atoms with Crippen molar-refractivity contribution in [2.45, 2.75) is 13.1 Å². The molecule has 0 aliphatic rings. The third-order valence-corrected chi connectivity index (χ3v) is 5.74. The van der Waals surface area contributed by atoms with Gasteiger partial charge in [0.15, 0.2) is 0 Å². The highest BCUT2D eigenvalue weighted by Crippen LogP contribution is 2.26. The van der Waals surface area contributed by atoms with Crippen LogP contribution in [-0.2, 0) is 13.1 Å². The molecule has 0 saturated heterocycles. The molecule has 4 aromatic carbocycles. The molecular formula is C30H25N3O. The average molecular weight is 444 g/mol. The molecule has 0 radical (unpaired) electrons. The molecule has 0 atom stereocenters. The van der Waals surface area contributed by atoms with Crippen LogP contribution in [0.4, 0.5) is 0 Å². The quantitative estimate of drug-likeness (QED) is 0.293. The van der Waals surface area contributed by atoms with E-state index in [1.54, 1.807) is 0 Å². The van der Waals surface area contributed by atoms with Gasteiger partial charge in [-0.1, -0.05) is 97.1 Å². The number of hydrogen-bond donors (Lipinski definition) is 0. The Morgan fingerprint density at radius 3 is 1.88 bits per heavy atom. The SMILES string of the molecule is O=C(c1ccccc1)N(Cc1ccccc1)Cc1cn(-c2ccccc2)nc1-c1ccccc1. The third-order valence-electron chi connectivity index (χ3n) is 5.74. The molecule has 0 N–H and O–H groups in total. The van der Waals surface area contributed by atoms with E-state index in [4.69, 9.17) is 5.10 Å². The number of amides is 1. The molecule has 0 unspecified atom stereocenters. The van der Waals surface area contributed by atoms with Crippen LogP contribution in [0.2, 0.25) is 0 Å². The maximum atomic E-state index is 13.6. The molecule has 34 heavy (non-hydrogen) atoms. The zero-order chi connectivity index (χ0) is 23.2. The summed E-state index contributed by atoms with van der Waals surface area (Å²) in [5.74, 6) is -0.00377. The lowest BCUT2D eigenvalue weighted by Crippen LogP contribution is -2.30. The van der Waals surface area contributed by atoms with Crippen molar-refractivity contribution in [2.24, 2.45) is 0 Å². The summed E-state index contributed by atoms with van der Waals surface area (Å²) in [5.41, 5.74) is 5.64. The molecule has 0 fully saturated rings. The Balaban J connectivity index is 1.55. The standard InChI is InChI=1S/C30H25N3O/c34-30(26-17-9-3-10-18-26)32(21-24-13-5-1-6-14-24)22-27-23-33(28-19-11-4-12-20-28)31-29(27)25-15-7-2-8-16-25/h1-20,23H,21-22H2. The monoisotopic (exact) mass is 443 g/mol. The van der Waals surface area contributed by atoms with E-state index in [9.17, 15) is 4.79 Å². The zero-order valence-corrected chi connectivity index (χ0v) is 18.8. The highest BCUT2D eigenvalue weighted by Gasteiger charge is 2.21. The number of para-hydroxylation sites is 1. The Morgan fingerprint density at radius 2 is 1.24 bits per heavy atom. The first-order valence-electron chi connectivity index (χ1n) is 11.4. The minimum atomic E-state index is -0.00377. The molecule has 0 spiro atoms. The van der Waals surface area contributed by atoms with Gasteiger partial charge in [-0.15, -0.1) is 0 Å².